The van der Waals surface area contributed by atoms with Crippen molar-refractivity contribution in [2.24, 2.45) is 0 Å². The van der Waals surface area contributed by atoms with Crippen LogP contribution in [0.4, 0.5) is 5.69 Å². The smallest absolute Gasteiger partial charge is 0.282 e. The van der Waals surface area contributed by atoms with Crippen molar-refractivity contribution >= 4 is 21.8 Å². The Morgan fingerprint density at radius 3 is 2.52 bits per heavy atom. The number of carbonyl (C=O) groups is 1. The molecule has 0 unspecified atom stereocenters. The molecule has 8 nitrogen and oxygen atoms in total. The van der Waals surface area contributed by atoms with Crippen molar-refractivity contribution < 1.29 is 13.2 Å². The Kier molecular flexibility index (Phi) is 6.27. The lowest BCUT2D eigenvalue weighted by atomic mass is 10.00. The van der Waals surface area contributed by atoms with E-state index in [1.807, 2.05) is 29.2 Å². The van der Waals surface area contributed by atoms with Gasteiger partial charge in [0.2, 0.25) is 5.91 Å². The lowest BCUT2D eigenvalue weighted by Gasteiger charge is -2.36. The standard InChI is InChI=1S/C22H29N5O3S/c1-18(28)25-11-13-26(14-12-25)22-7-6-20-16-27(10-8-19(20)15-22)31(29,30)24(2)17-21-5-3-4-9-23-21/h3-7,9,15H,8,10-14,16-17H2,1-2H3. The van der Waals surface area contributed by atoms with E-state index in [9.17, 15) is 13.2 Å². The summed E-state index contributed by atoms with van der Waals surface area (Å²) in [5.74, 6) is 0.124. The van der Waals surface area contributed by atoms with Crippen LogP contribution < -0.4 is 4.90 Å². The summed E-state index contributed by atoms with van der Waals surface area (Å²) in [5.41, 5.74) is 4.11. The second-order valence-corrected chi connectivity index (χ2v) is 10.1. The number of rotatable bonds is 5. The molecule has 2 aliphatic rings. The summed E-state index contributed by atoms with van der Waals surface area (Å²) < 4.78 is 29.1. The van der Waals surface area contributed by atoms with Gasteiger partial charge in [0.15, 0.2) is 0 Å². The van der Waals surface area contributed by atoms with Gasteiger partial charge in [0.25, 0.3) is 10.2 Å². The van der Waals surface area contributed by atoms with Crippen LogP contribution in [0.5, 0.6) is 0 Å². The van der Waals surface area contributed by atoms with Crippen molar-refractivity contribution in [1.29, 1.82) is 0 Å². The highest BCUT2D eigenvalue weighted by molar-refractivity contribution is 7.86. The maximum Gasteiger partial charge on any atom is 0.282 e. The van der Waals surface area contributed by atoms with E-state index in [-0.39, 0.29) is 12.5 Å². The van der Waals surface area contributed by atoms with Gasteiger partial charge in [0, 0.05) is 65.1 Å². The van der Waals surface area contributed by atoms with Gasteiger partial charge in [-0.3, -0.25) is 9.78 Å². The largest absolute Gasteiger partial charge is 0.368 e. The van der Waals surface area contributed by atoms with E-state index in [0.29, 0.717) is 19.5 Å². The lowest BCUT2D eigenvalue weighted by Crippen LogP contribution is -2.48. The second kappa shape index (κ2) is 8.94. The third-order valence-electron chi connectivity index (χ3n) is 6.09. The SMILES string of the molecule is CC(=O)N1CCN(c2ccc3c(c2)CCN(S(=O)(=O)N(C)Cc2ccccn2)C3)CC1. The van der Waals surface area contributed by atoms with E-state index in [4.69, 9.17) is 0 Å². The third-order valence-corrected chi connectivity index (χ3v) is 7.97. The molecular weight excluding hydrogens is 414 g/mol. The topological polar surface area (TPSA) is 77.1 Å². The van der Waals surface area contributed by atoms with Crippen LogP contribution in [0.2, 0.25) is 0 Å². The quantitative estimate of drug-likeness (QED) is 0.700. The van der Waals surface area contributed by atoms with Gasteiger partial charge in [-0.15, -0.1) is 0 Å². The normalized spacial score (nSPS) is 17.6. The average Bonchev–Trinajstić information content (AvgIpc) is 2.79. The van der Waals surface area contributed by atoms with E-state index in [0.717, 1.165) is 43.1 Å². The molecule has 1 amide bonds. The number of hydrogen-bond acceptors (Lipinski definition) is 5. The first-order valence-electron chi connectivity index (χ1n) is 10.6. The van der Waals surface area contributed by atoms with Crippen molar-refractivity contribution in [3.05, 3.63) is 59.4 Å². The van der Waals surface area contributed by atoms with E-state index in [1.54, 1.807) is 24.5 Å². The van der Waals surface area contributed by atoms with Gasteiger partial charge in [0.05, 0.1) is 12.2 Å². The number of aromatic nitrogens is 1. The van der Waals surface area contributed by atoms with Crippen LogP contribution in [0.25, 0.3) is 0 Å². The summed E-state index contributed by atoms with van der Waals surface area (Å²) in [5, 5.41) is 0. The van der Waals surface area contributed by atoms with E-state index in [2.05, 4.69) is 22.0 Å². The van der Waals surface area contributed by atoms with Crippen molar-refractivity contribution in [3.8, 4) is 0 Å². The minimum atomic E-state index is -3.57. The van der Waals surface area contributed by atoms with Gasteiger partial charge in [-0.2, -0.15) is 17.0 Å². The predicted molar refractivity (Wildman–Crippen MR) is 120 cm³/mol. The molecule has 0 bridgehead atoms. The first-order valence-corrected chi connectivity index (χ1v) is 12.0. The molecule has 1 saturated heterocycles. The van der Waals surface area contributed by atoms with Crippen LogP contribution in [-0.4, -0.2) is 72.6 Å². The van der Waals surface area contributed by atoms with Crippen molar-refractivity contribution in [1.82, 2.24) is 18.5 Å². The van der Waals surface area contributed by atoms with Gasteiger partial charge in [-0.25, -0.2) is 0 Å². The Labute approximate surface area is 184 Å². The van der Waals surface area contributed by atoms with Crippen LogP contribution in [0.15, 0.2) is 42.6 Å². The molecule has 0 spiro atoms. The maximum absolute atomic E-state index is 13.1. The number of nitrogens with zero attached hydrogens (tertiary/aromatic N) is 5. The minimum Gasteiger partial charge on any atom is -0.368 e. The van der Waals surface area contributed by atoms with Crippen molar-refractivity contribution in [3.63, 3.8) is 0 Å². The summed E-state index contributed by atoms with van der Waals surface area (Å²) in [6.45, 7) is 5.81. The average molecular weight is 444 g/mol. The summed E-state index contributed by atoms with van der Waals surface area (Å²) in [7, 11) is -1.97. The highest BCUT2D eigenvalue weighted by Gasteiger charge is 2.31. The molecule has 31 heavy (non-hydrogen) atoms. The molecule has 0 atom stereocenters. The number of pyridine rings is 1. The number of hydrogen-bond donors (Lipinski definition) is 0. The van der Waals surface area contributed by atoms with Crippen LogP contribution >= 0.6 is 0 Å². The zero-order valence-corrected chi connectivity index (χ0v) is 18.9. The Balaban J connectivity index is 1.42. The number of carbonyl (C=O) groups excluding carboxylic acids is 1. The second-order valence-electron chi connectivity index (χ2n) is 8.11. The number of benzene rings is 1. The fraction of sp³-hybridized carbons (Fsp3) is 0.455. The van der Waals surface area contributed by atoms with Crippen LogP contribution in [0.1, 0.15) is 23.7 Å². The van der Waals surface area contributed by atoms with Gasteiger partial charge in [-0.05, 0) is 41.8 Å². The third kappa shape index (κ3) is 4.73. The number of amides is 1. The Morgan fingerprint density at radius 1 is 1.06 bits per heavy atom. The zero-order chi connectivity index (χ0) is 22.0. The number of fused-ring (bicyclic) bond motifs is 1. The van der Waals surface area contributed by atoms with Gasteiger partial charge < -0.3 is 9.80 Å². The highest BCUT2D eigenvalue weighted by Crippen LogP contribution is 2.27. The molecule has 2 aliphatic heterocycles. The monoisotopic (exact) mass is 443 g/mol. The van der Waals surface area contributed by atoms with Gasteiger partial charge in [-0.1, -0.05) is 12.1 Å². The Hall–Kier alpha value is -2.49. The van der Waals surface area contributed by atoms with E-state index in [1.165, 1.54) is 9.87 Å². The summed E-state index contributed by atoms with van der Waals surface area (Å²) in [6, 6.07) is 11.8. The minimum absolute atomic E-state index is 0.124. The molecule has 166 valence electrons. The molecule has 9 heteroatoms. The Bertz CT molecular complexity index is 1040. The molecule has 1 aromatic heterocycles. The maximum atomic E-state index is 13.1. The zero-order valence-electron chi connectivity index (χ0n) is 18.1. The van der Waals surface area contributed by atoms with Crippen LogP contribution in [0.3, 0.4) is 0 Å². The molecule has 1 fully saturated rings. The number of anilines is 1. The summed E-state index contributed by atoms with van der Waals surface area (Å²) in [4.78, 5) is 19.9. The van der Waals surface area contributed by atoms with Crippen molar-refractivity contribution in [2.45, 2.75) is 26.4 Å². The van der Waals surface area contributed by atoms with Gasteiger partial charge >= 0.3 is 0 Å². The van der Waals surface area contributed by atoms with E-state index < -0.39 is 10.2 Å². The highest BCUT2D eigenvalue weighted by atomic mass is 32.2. The first kappa shape index (κ1) is 21.7. The molecular formula is C22H29N5O3S. The molecule has 3 heterocycles. The molecule has 1 aromatic carbocycles. The molecule has 0 N–H and O–H groups in total. The first-order chi connectivity index (χ1) is 14.8. The fourth-order valence-corrected chi connectivity index (χ4v) is 5.50. The lowest BCUT2D eigenvalue weighted by molar-refractivity contribution is -0.129. The summed E-state index contributed by atoms with van der Waals surface area (Å²) >= 11 is 0. The summed E-state index contributed by atoms with van der Waals surface area (Å²) in [6.07, 6.45) is 2.36. The molecule has 0 radical (unpaired) electrons. The molecule has 4 rings (SSSR count). The molecule has 0 aliphatic carbocycles. The van der Waals surface area contributed by atoms with E-state index >= 15 is 0 Å². The number of piperazine rings is 1. The molecule has 2 aromatic rings. The molecule has 0 saturated carbocycles. The van der Waals surface area contributed by atoms with Crippen molar-refractivity contribution in [2.75, 3.05) is 44.7 Å². The van der Waals surface area contributed by atoms with Gasteiger partial charge in [0.1, 0.15) is 0 Å². The van der Waals surface area contributed by atoms with Crippen LogP contribution in [-0.2, 0) is 34.5 Å². The predicted octanol–water partition coefficient (Wildman–Crippen LogP) is 1.49. The Morgan fingerprint density at radius 2 is 1.84 bits per heavy atom. The fourth-order valence-electron chi connectivity index (χ4n) is 4.19. The van der Waals surface area contributed by atoms with Crippen LogP contribution in [0, 0.1) is 0 Å².